The lowest BCUT2D eigenvalue weighted by Gasteiger charge is -2.17. The molecule has 1 aromatic heterocycles. The van der Waals surface area contributed by atoms with Crippen LogP contribution in [0.4, 0.5) is 11.4 Å². The normalized spacial score (nSPS) is 16.2. The first-order chi connectivity index (χ1) is 13.0. The summed E-state index contributed by atoms with van der Waals surface area (Å²) in [5.74, 6) is -0.0545. The van der Waals surface area contributed by atoms with E-state index in [-0.39, 0.29) is 17.0 Å². The summed E-state index contributed by atoms with van der Waals surface area (Å²) in [6, 6.07) is 16.4. The van der Waals surface area contributed by atoms with E-state index in [1.165, 1.54) is 0 Å². The van der Waals surface area contributed by atoms with Gasteiger partial charge in [-0.15, -0.1) is 11.6 Å². The van der Waals surface area contributed by atoms with Crippen molar-refractivity contribution in [1.29, 1.82) is 0 Å². The SMILES string of the molecule is Nc1ccc2[nH]c(C(=O)N3C[C@@H](Cl)c4c3cc(O)c3ccccc43)cc2c1. The summed E-state index contributed by atoms with van der Waals surface area (Å²) >= 11 is 6.60. The standard InChI is InChI=1S/C21H16ClN3O2/c22-15-10-25(18-9-19(26)13-3-1-2-4-14(13)20(15)18)21(27)17-8-11-7-12(23)5-6-16(11)24-17/h1-9,15,24,26H,10,23H2/t15-/m1/s1. The van der Waals surface area contributed by atoms with E-state index in [0.717, 1.165) is 27.2 Å². The number of anilines is 2. The number of fused-ring (bicyclic) bond motifs is 4. The molecule has 5 nitrogen and oxygen atoms in total. The maximum Gasteiger partial charge on any atom is 0.274 e. The molecule has 0 radical (unpaired) electrons. The fourth-order valence-corrected chi connectivity index (χ4v) is 4.24. The minimum atomic E-state index is -0.338. The Hall–Kier alpha value is -3.18. The first-order valence-corrected chi connectivity index (χ1v) is 9.05. The molecule has 27 heavy (non-hydrogen) atoms. The summed E-state index contributed by atoms with van der Waals surface area (Å²) < 4.78 is 0. The van der Waals surface area contributed by atoms with E-state index in [4.69, 9.17) is 17.3 Å². The molecule has 4 aromatic rings. The van der Waals surface area contributed by atoms with Crippen LogP contribution < -0.4 is 10.6 Å². The third-order valence-electron chi connectivity index (χ3n) is 5.11. The molecule has 5 rings (SSSR count). The minimum absolute atomic E-state index is 0.136. The van der Waals surface area contributed by atoms with Crippen molar-refractivity contribution >= 4 is 50.6 Å². The van der Waals surface area contributed by atoms with E-state index >= 15 is 0 Å². The lowest BCUT2D eigenvalue weighted by atomic mass is 10.0. The number of carbonyl (C=O) groups is 1. The Morgan fingerprint density at radius 2 is 1.93 bits per heavy atom. The van der Waals surface area contributed by atoms with Crippen LogP contribution in [0.25, 0.3) is 21.7 Å². The molecule has 134 valence electrons. The number of H-pyrrole nitrogens is 1. The molecule has 0 spiro atoms. The largest absolute Gasteiger partial charge is 0.507 e. The second-order valence-electron chi connectivity index (χ2n) is 6.79. The highest BCUT2D eigenvalue weighted by Gasteiger charge is 2.34. The van der Waals surface area contributed by atoms with E-state index in [0.29, 0.717) is 23.6 Å². The quantitative estimate of drug-likeness (QED) is 0.336. The van der Waals surface area contributed by atoms with Crippen molar-refractivity contribution in [2.24, 2.45) is 0 Å². The summed E-state index contributed by atoms with van der Waals surface area (Å²) in [5.41, 5.74) is 9.29. The second kappa shape index (κ2) is 5.66. The lowest BCUT2D eigenvalue weighted by Crippen LogP contribution is -2.29. The molecule has 1 amide bonds. The Bertz CT molecular complexity index is 1230. The Labute approximate surface area is 160 Å². The molecule has 3 aromatic carbocycles. The number of carbonyl (C=O) groups excluding carboxylic acids is 1. The topological polar surface area (TPSA) is 82.4 Å². The van der Waals surface area contributed by atoms with Crippen LogP contribution in [0, 0.1) is 0 Å². The molecule has 1 aliphatic heterocycles. The van der Waals surface area contributed by atoms with Crippen molar-refractivity contribution < 1.29 is 9.90 Å². The molecule has 0 aliphatic carbocycles. The molecule has 1 atom stereocenters. The predicted molar refractivity (Wildman–Crippen MR) is 109 cm³/mol. The fraction of sp³-hybridized carbons (Fsp3) is 0.0952. The van der Waals surface area contributed by atoms with Crippen LogP contribution in [-0.2, 0) is 0 Å². The van der Waals surface area contributed by atoms with Gasteiger partial charge >= 0.3 is 0 Å². The van der Waals surface area contributed by atoms with Crippen LogP contribution >= 0.6 is 11.6 Å². The molecule has 0 unspecified atom stereocenters. The van der Waals surface area contributed by atoms with Crippen LogP contribution in [0.3, 0.4) is 0 Å². The highest BCUT2D eigenvalue weighted by molar-refractivity contribution is 6.25. The maximum atomic E-state index is 13.2. The van der Waals surface area contributed by atoms with Gasteiger partial charge in [-0.25, -0.2) is 0 Å². The smallest absolute Gasteiger partial charge is 0.274 e. The highest BCUT2D eigenvalue weighted by atomic mass is 35.5. The number of alkyl halides is 1. The maximum absolute atomic E-state index is 13.2. The van der Waals surface area contributed by atoms with Crippen molar-refractivity contribution in [2.75, 3.05) is 17.2 Å². The molecule has 0 saturated heterocycles. The molecule has 4 N–H and O–H groups in total. The number of hydrogen-bond acceptors (Lipinski definition) is 3. The van der Waals surface area contributed by atoms with Gasteiger partial charge < -0.3 is 20.7 Å². The third kappa shape index (κ3) is 2.35. The van der Waals surface area contributed by atoms with Gasteiger partial charge in [-0.2, -0.15) is 0 Å². The van der Waals surface area contributed by atoms with Gasteiger partial charge in [0.1, 0.15) is 11.4 Å². The van der Waals surface area contributed by atoms with Crippen LogP contribution in [0.2, 0.25) is 0 Å². The Balaban J connectivity index is 1.64. The number of nitrogens with zero attached hydrogens (tertiary/aromatic N) is 1. The molecular weight excluding hydrogens is 362 g/mol. The average Bonchev–Trinajstić information content (AvgIpc) is 3.22. The number of nitrogens with two attached hydrogens (primary N) is 1. The van der Waals surface area contributed by atoms with E-state index in [1.54, 1.807) is 23.1 Å². The van der Waals surface area contributed by atoms with Gasteiger partial charge in [0, 0.05) is 40.2 Å². The molecule has 6 heteroatoms. The number of aromatic hydroxyl groups is 1. The van der Waals surface area contributed by atoms with Crippen LogP contribution in [-0.4, -0.2) is 22.5 Å². The molecule has 0 saturated carbocycles. The number of phenolic OH excluding ortho intramolecular Hbond substituents is 1. The van der Waals surface area contributed by atoms with Crippen molar-refractivity contribution in [3.63, 3.8) is 0 Å². The summed E-state index contributed by atoms with van der Waals surface area (Å²) in [6.07, 6.45) is 0. The average molecular weight is 378 g/mol. The van der Waals surface area contributed by atoms with E-state index in [9.17, 15) is 9.90 Å². The van der Waals surface area contributed by atoms with Crippen molar-refractivity contribution in [3.05, 3.63) is 65.9 Å². The third-order valence-corrected chi connectivity index (χ3v) is 5.47. The van der Waals surface area contributed by atoms with Gasteiger partial charge in [0.25, 0.3) is 5.91 Å². The lowest BCUT2D eigenvalue weighted by molar-refractivity contribution is 0.0985. The minimum Gasteiger partial charge on any atom is -0.507 e. The summed E-state index contributed by atoms with van der Waals surface area (Å²) in [4.78, 5) is 17.9. The van der Waals surface area contributed by atoms with Crippen molar-refractivity contribution in [3.8, 4) is 5.75 Å². The summed E-state index contributed by atoms with van der Waals surface area (Å²) in [5, 5.41) is 12.6. The van der Waals surface area contributed by atoms with E-state index < -0.39 is 0 Å². The number of phenols is 1. The highest BCUT2D eigenvalue weighted by Crippen LogP contribution is 2.46. The van der Waals surface area contributed by atoms with Gasteiger partial charge in [-0.3, -0.25) is 4.79 Å². The molecular formula is C21H16ClN3O2. The van der Waals surface area contributed by atoms with Crippen LogP contribution in [0.5, 0.6) is 5.75 Å². The number of halogens is 1. The van der Waals surface area contributed by atoms with Crippen LogP contribution in [0.1, 0.15) is 21.4 Å². The van der Waals surface area contributed by atoms with E-state index in [2.05, 4.69) is 4.98 Å². The van der Waals surface area contributed by atoms with Crippen molar-refractivity contribution in [2.45, 2.75) is 5.38 Å². The van der Waals surface area contributed by atoms with Gasteiger partial charge in [-0.1, -0.05) is 24.3 Å². The molecule has 1 aliphatic rings. The summed E-state index contributed by atoms with van der Waals surface area (Å²) in [7, 11) is 0. The number of rotatable bonds is 1. The zero-order valence-electron chi connectivity index (χ0n) is 14.2. The monoisotopic (exact) mass is 377 g/mol. The fourth-order valence-electron chi connectivity index (χ4n) is 3.87. The molecule has 2 heterocycles. The molecule has 0 fully saturated rings. The van der Waals surface area contributed by atoms with Gasteiger partial charge in [0.2, 0.25) is 0 Å². The Kier molecular flexibility index (Phi) is 3.36. The zero-order valence-corrected chi connectivity index (χ0v) is 15.0. The van der Waals surface area contributed by atoms with Gasteiger partial charge in [0.15, 0.2) is 0 Å². The van der Waals surface area contributed by atoms with E-state index in [1.807, 2.05) is 36.4 Å². The zero-order chi connectivity index (χ0) is 18.7. The number of nitrogen functional groups attached to an aromatic ring is 1. The van der Waals surface area contributed by atoms with Crippen LogP contribution in [0.15, 0.2) is 54.6 Å². The first-order valence-electron chi connectivity index (χ1n) is 8.62. The predicted octanol–water partition coefficient (Wildman–Crippen LogP) is 4.55. The number of aromatic nitrogens is 1. The number of nitrogens with one attached hydrogen (secondary N) is 1. The Morgan fingerprint density at radius 1 is 1.15 bits per heavy atom. The Morgan fingerprint density at radius 3 is 2.74 bits per heavy atom. The molecule has 0 bridgehead atoms. The second-order valence-corrected chi connectivity index (χ2v) is 7.31. The number of amides is 1. The summed E-state index contributed by atoms with van der Waals surface area (Å²) in [6.45, 7) is 0.348. The number of aromatic amines is 1. The van der Waals surface area contributed by atoms with Gasteiger partial charge in [-0.05, 0) is 29.7 Å². The van der Waals surface area contributed by atoms with Crippen molar-refractivity contribution in [1.82, 2.24) is 4.98 Å². The first kappa shape index (κ1) is 16.0. The number of hydrogen-bond donors (Lipinski definition) is 3. The number of benzene rings is 3. The van der Waals surface area contributed by atoms with Gasteiger partial charge in [0.05, 0.1) is 11.1 Å².